The molecule has 0 spiro atoms. The van der Waals surface area contributed by atoms with Crippen LogP contribution in [0.25, 0.3) is 0 Å². The van der Waals surface area contributed by atoms with E-state index in [4.69, 9.17) is 23.2 Å². The van der Waals surface area contributed by atoms with Gasteiger partial charge in [0.2, 0.25) is 0 Å². The molecule has 2 heteroatoms. The van der Waals surface area contributed by atoms with Crippen LogP contribution < -0.4 is 0 Å². The minimum absolute atomic E-state index is 0.447. The van der Waals surface area contributed by atoms with Gasteiger partial charge in [-0.15, -0.1) is 0 Å². The minimum atomic E-state index is -0.770. The van der Waals surface area contributed by atoms with E-state index in [1.165, 1.54) is 12.8 Å². The van der Waals surface area contributed by atoms with Crippen LogP contribution in [0, 0.1) is 18.3 Å². The Morgan fingerprint density at radius 3 is 2.25 bits per heavy atom. The topological polar surface area (TPSA) is 0 Å². The molecule has 2 aliphatic rings. The zero-order valence-electron chi connectivity index (χ0n) is 6.71. The fourth-order valence-corrected chi connectivity index (χ4v) is 1.62. The molecule has 1 fully saturated rings. The van der Waals surface area contributed by atoms with Crippen molar-refractivity contribution in [3.63, 3.8) is 0 Å². The van der Waals surface area contributed by atoms with Crippen LogP contribution in [-0.2, 0) is 0 Å². The maximum Gasteiger partial charge on any atom is 0.154 e. The second-order valence-corrected chi connectivity index (χ2v) is 4.94. The van der Waals surface area contributed by atoms with Crippen LogP contribution in [-0.4, -0.2) is 4.33 Å². The molecule has 0 amide bonds. The Balaban J connectivity index is 1.91. The Morgan fingerprint density at radius 1 is 1.17 bits per heavy atom. The van der Waals surface area contributed by atoms with E-state index in [1.807, 2.05) is 12.2 Å². The first-order valence-electron chi connectivity index (χ1n) is 4.27. The normalized spacial score (nSPS) is 27.8. The highest BCUT2D eigenvalue weighted by molar-refractivity contribution is 6.51. The summed E-state index contributed by atoms with van der Waals surface area (Å²) in [5.41, 5.74) is 0. The first-order chi connectivity index (χ1) is 5.66. The van der Waals surface area contributed by atoms with Crippen molar-refractivity contribution in [2.24, 2.45) is 11.8 Å². The monoisotopic (exact) mass is 201 g/mol. The summed E-state index contributed by atoms with van der Waals surface area (Å²) in [7, 11) is 0. The predicted molar refractivity (Wildman–Crippen MR) is 53.2 cm³/mol. The second-order valence-electron chi connectivity index (χ2n) is 3.50. The Labute approximate surface area is 83.2 Å². The van der Waals surface area contributed by atoms with Crippen molar-refractivity contribution in [1.29, 1.82) is 0 Å². The zero-order chi connectivity index (χ0) is 8.60. The van der Waals surface area contributed by atoms with Gasteiger partial charge in [0.15, 0.2) is 4.33 Å². The zero-order valence-corrected chi connectivity index (χ0v) is 8.22. The van der Waals surface area contributed by atoms with Gasteiger partial charge in [0.25, 0.3) is 0 Å². The van der Waals surface area contributed by atoms with Gasteiger partial charge in [0.1, 0.15) is 0 Å². The molecule has 0 aromatic heterocycles. The molecule has 0 aromatic carbocycles. The molecule has 0 atom stereocenters. The molecule has 2 rings (SSSR count). The largest absolute Gasteiger partial charge is 0.154 e. The summed E-state index contributed by atoms with van der Waals surface area (Å²) in [6, 6.07) is 0. The lowest BCUT2D eigenvalue weighted by atomic mass is 9.97. The number of halogens is 2. The second kappa shape index (κ2) is 3.08. The molecule has 1 radical (unpaired) electrons. The molecule has 65 valence electrons. The van der Waals surface area contributed by atoms with Crippen molar-refractivity contribution in [1.82, 2.24) is 0 Å². The van der Waals surface area contributed by atoms with E-state index >= 15 is 0 Å². The van der Waals surface area contributed by atoms with Gasteiger partial charge in [-0.05, 0) is 43.3 Å². The van der Waals surface area contributed by atoms with E-state index in [1.54, 1.807) is 0 Å². The van der Waals surface area contributed by atoms with E-state index in [0.717, 1.165) is 5.92 Å². The molecule has 2 aliphatic carbocycles. The van der Waals surface area contributed by atoms with E-state index in [-0.39, 0.29) is 0 Å². The maximum absolute atomic E-state index is 5.87. The molecule has 1 saturated carbocycles. The summed E-state index contributed by atoms with van der Waals surface area (Å²) in [4.78, 5) is 0. The smallest absolute Gasteiger partial charge is 0.0923 e. The summed E-state index contributed by atoms with van der Waals surface area (Å²) in [6.07, 6.45) is 12.9. The van der Waals surface area contributed by atoms with E-state index in [2.05, 4.69) is 18.6 Å². The highest BCUT2D eigenvalue weighted by atomic mass is 35.5. The summed E-state index contributed by atoms with van der Waals surface area (Å²) >= 11 is 11.7. The van der Waals surface area contributed by atoms with Crippen molar-refractivity contribution in [3.05, 3.63) is 30.7 Å². The fourth-order valence-electron chi connectivity index (χ4n) is 1.33. The number of rotatable bonds is 2. The summed E-state index contributed by atoms with van der Waals surface area (Å²) in [5.74, 6) is 1.28. The molecule has 0 aliphatic heterocycles. The lowest BCUT2D eigenvalue weighted by Gasteiger charge is -2.17. The van der Waals surface area contributed by atoms with Gasteiger partial charge in [-0.3, -0.25) is 0 Å². The number of allylic oxidation sites excluding steroid dienone is 4. The average Bonchev–Trinajstić information content (AvgIpc) is 2.77. The molecule has 0 nitrogen and oxygen atoms in total. The molecule has 0 aromatic rings. The van der Waals surface area contributed by atoms with Gasteiger partial charge in [0, 0.05) is 0 Å². The van der Waals surface area contributed by atoms with Crippen LogP contribution >= 0.6 is 23.2 Å². The summed E-state index contributed by atoms with van der Waals surface area (Å²) in [6.45, 7) is 0. The minimum Gasteiger partial charge on any atom is -0.0923 e. The maximum atomic E-state index is 5.87. The van der Waals surface area contributed by atoms with E-state index in [9.17, 15) is 0 Å². The highest BCUT2D eigenvalue weighted by Crippen LogP contribution is 2.38. The number of hydrogen-bond acceptors (Lipinski definition) is 0. The Hall–Kier alpha value is 0.0600. The standard InChI is InChI=1S/C10H11Cl2/c11-10(12)5-3-9(4-6-10)7-8-1-2-8/h3-9H,1-2H2. The third kappa shape index (κ3) is 2.27. The molecular formula is C10H11Cl2. The van der Waals surface area contributed by atoms with Gasteiger partial charge >= 0.3 is 0 Å². The lowest BCUT2D eigenvalue weighted by Crippen LogP contribution is -2.10. The van der Waals surface area contributed by atoms with Crippen molar-refractivity contribution in [3.8, 4) is 0 Å². The molecule has 0 saturated heterocycles. The number of alkyl halides is 2. The third-order valence-corrected chi connectivity index (χ3v) is 2.70. The Bertz CT molecular complexity index is 208. The molecule has 12 heavy (non-hydrogen) atoms. The van der Waals surface area contributed by atoms with Crippen LogP contribution in [0.4, 0.5) is 0 Å². The van der Waals surface area contributed by atoms with Gasteiger partial charge in [0.05, 0.1) is 0 Å². The van der Waals surface area contributed by atoms with E-state index < -0.39 is 4.33 Å². The predicted octanol–water partition coefficient (Wildman–Crippen LogP) is 3.52. The van der Waals surface area contributed by atoms with Crippen LogP contribution in [0.15, 0.2) is 24.3 Å². The van der Waals surface area contributed by atoms with Gasteiger partial charge in [-0.25, -0.2) is 0 Å². The van der Waals surface area contributed by atoms with E-state index in [0.29, 0.717) is 5.92 Å². The molecule has 0 unspecified atom stereocenters. The fraction of sp³-hybridized carbons (Fsp3) is 0.500. The summed E-state index contributed by atoms with van der Waals surface area (Å²) in [5, 5.41) is 0. The lowest BCUT2D eigenvalue weighted by molar-refractivity contribution is 0.811. The average molecular weight is 202 g/mol. The van der Waals surface area contributed by atoms with Crippen molar-refractivity contribution < 1.29 is 0 Å². The third-order valence-electron chi connectivity index (χ3n) is 2.20. The Morgan fingerprint density at radius 2 is 1.75 bits per heavy atom. The van der Waals surface area contributed by atoms with Crippen LogP contribution in [0.3, 0.4) is 0 Å². The van der Waals surface area contributed by atoms with Gasteiger partial charge in [-0.1, -0.05) is 35.4 Å². The molecule has 0 N–H and O–H groups in total. The van der Waals surface area contributed by atoms with Crippen LogP contribution in [0.5, 0.6) is 0 Å². The van der Waals surface area contributed by atoms with Crippen molar-refractivity contribution >= 4 is 23.2 Å². The Kier molecular flexibility index (Phi) is 2.22. The molecule has 0 heterocycles. The molecule has 0 bridgehead atoms. The SMILES string of the molecule is ClC1(Cl)C=CC([CH]C2CC2)C=C1. The van der Waals surface area contributed by atoms with Gasteiger partial charge in [-0.2, -0.15) is 0 Å². The van der Waals surface area contributed by atoms with Crippen LogP contribution in [0.2, 0.25) is 0 Å². The number of hydrogen-bond donors (Lipinski definition) is 0. The highest BCUT2D eigenvalue weighted by Gasteiger charge is 2.26. The summed E-state index contributed by atoms with van der Waals surface area (Å²) < 4.78 is -0.770. The first-order valence-corrected chi connectivity index (χ1v) is 5.03. The molecular weight excluding hydrogens is 191 g/mol. The quantitative estimate of drug-likeness (QED) is 0.474. The van der Waals surface area contributed by atoms with Crippen molar-refractivity contribution in [2.45, 2.75) is 17.2 Å². The van der Waals surface area contributed by atoms with Crippen LogP contribution in [0.1, 0.15) is 12.8 Å². The van der Waals surface area contributed by atoms with Crippen molar-refractivity contribution in [2.75, 3.05) is 0 Å². The first kappa shape index (κ1) is 8.65. The van der Waals surface area contributed by atoms with Gasteiger partial charge < -0.3 is 0 Å².